The van der Waals surface area contributed by atoms with Crippen molar-refractivity contribution in [2.45, 2.75) is 26.4 Å². The van der Waals surface area contributed by atoms with Gasteiger partial charge in [0.2, 0.25) is 5.28 Å². The maximum atomic E-state index is 6.11. The van der Waals surface area contributed by atoms with Crippen molar-refractivity contribution in [3.63, 3.8) is 0 Å². The quantitative estimate of drug-likeness (QED) is 0.852. The molecule has 1 aromatic heterocycles. The minimum absolute atomic E-state index is 0.260. The molecule has 0 N–H and O–H groups in total. The number of rotatable bonds is 4. The lowest BCUT2D eigenvalue weighted by atomic mass is 10.2. The van der Waals surface area contributed by atoms with Crippen LogP contribution in [0.5, 0.6) is 0 Å². The van der Waals surface area contributed by atoms with E-state index < -0.39 is 0 Å². The standard InChI is InChI=1S/C13H16ClN3O/c1-9(2)12-15-16-13(14)17(12)11-6-4-5-10(7-11)8-18-3/h4-7,9H,8H2,1-3H3. The molecule has 2 aromatic rings. The molecule has 5 heteroatoms. The topological polar surface area (TPSA) is 39.9 Å². The summed E-state index contributed by atoms with van der Waals surface area (Å²) in [4.78, 5) is 0. The third kappa shape index (κ3) is 2.54. The zero-order valence-electron chi connectivity index (χ0n) is 10.7. The molecule has 1 aromatic carbocycles. The summed E-state index contributed by atoms with van der Waals surface area (Å²) >= 11 is 6.11. The van der Waals surface area contributed by atoms with Crippen LogP contribution < -0.4 is 0 Å². The molecule has 0 saturated carbocycles. The number of benzene rings is 1. The first-order valence-electron chi connectivity index (χ1n) is 5.82. The highest BCUT2D eigenvalue weighted by Crippen LogP contribution is 2.22. The van der Waals surface area contributed by atoms with Gasteiger partial charge in [-0.15, -0.1) is 10.2 Å². The van der Waals surface area contributed by atoms with Crippen molar-refractivity contribution in [3.05, 3.63) is 40.9 Å². The van der Waals surface area contributed by atoms with Gasteiger partial charge in [0.1, 0.15) is 5.82 Å². The van der Waals surface area contributed by atoms with Crippen molar-refractivity contribution in [3.8, 4) is 5.69 Å². The molecule has 0 aliphatic rings. The molecular weight excluding hydrogens is 250 g/mol. The number of halogens is 1. The van der Waals surface area contributed by atoms with E-state index >= 15 is 0 Å². The Kier molecular flexibility index (Phi) is 3.99. The Morgan fingerprint density at radius 1 is 1.33 bits per heavy atom. The second-order valence-corrected chi connectivity index (χ2v) is 4.76. The molecule has 0 bridgehead atoms. The SMILES string of the molecule is COCc1cccc(-n2c(Cl)nnc2C(C)C)c1. The van der Waals surface area contributed by atoms with Gasteiger partial charge in [-0.3, -0.25) is 4.57 Å². The molecule has 0 aliphatic carbocycles. The van der Waals surface area contributed by atoms with Crippen molar-refractivity contribution >= 4 is 11.6 Å². The van der Waals surface area contributed by atoms with E-state index in [-0.39, 0.29) is 5.92 Å². The molecule has 0 atom stereocenters. The molecule has 4 nitrogen and oxygen atoms in total. The first-order chi connectivity index (χ1) is 8.63. The second-order valence-electron chi connectivity index (χ2n) is 4.42. The zero-order chi connectivity index (χ0) is 13.1. The number of aromatic nitrogens is 3. The minimum atomic E-state index is 0.260. The van der Waals surface area contributed by atoms with Gasteiger partial charge < -0.3 is 4.74 Å². The zero-order valence-corrected chi connectivity index (χ0v) is 11.5. The van der Waals surface area contributed by atoms with Crippen LogP contribution in [-0.2, 0) is 11.3 Å². The maximum absolute atomic E-state index is 6.11. The Labute approximate surface area is 112 Å². The van der Waals surface area contributed by atoms with E-state index in [0.717, 1.165) is 17.1 Å². The van der Waals surface area contributed by atoms with E-state index in [2.05, 4.69) is 24.0 Å². The van der Waals surface area contributed by atoms with E-state index in [1.807, 2.05) is 28.8 Å². The van der Waals surface area contributed by atoms with E-state index in [0.29, 0.717) is 11.9 Å². The lowest BCUT2D eigenvalue weighted by Gasteiger charge is -2.11. The molecule has 0 saturated heterocycles. The Bertz CT molecular complexity index is 537. The van der Waals surface area contributed by atoms with Crippen LogP contribution in [0.1, 0.15) is 31.2 Å². The fraction of sp³-hybridized carbons (Fsp3) is 0.385. The van der Waals surface area contributed by atoms with Gasteiger partial charge in [0.05, 0.1) is 12.3 Å². The van der Waals surface area contributed by atoms with Crippen molar-refractivity contribution in [2.75, 3.05) is 7.11 Å². The fourth-order valence-corrected chi connectivity index (χ4v) is 2.06. The lowest BCUT2D eigenvalue weighted by Crippen LogP contribution is -2.04. The summed E-state index contributed by atoms with van der Waals surface area (Å²) < 4.78 is 7.00. The molecule has 18 heavy (non-hydrogen) atoms. The Morgan fingerprint density at radius 2 is 2.11 bits per heavy atom. The highest BCUT2D eigenvalue weighted by molar-refractivity contribution is 6.28. The average Bonchev–Trinajstić information content (AvgIpc) is 2.72. The van der Waals surface area contributed by atoms with Gasteiger partial charge in [-0.1, -0.05) is 26.0 Å². The highest BCUT2D eigenvalue weighted by Gasteiger charge is 2.15. The first kappa shape index (κ1) is 13.1. The van der Waals surface area contributed by atoms with E-state index in [1.54, 1.807) is 7.11 Å². The third-order valence-electron chi connectivity index (χ3n) is 2.64. The normalized spacial score (nSPS) is 11.2. The van der Waals surface area contributed by atoms with Crippen molar-refractivity contribution in [2.24, 2.45) is 0 Å². The first-order valence-corrected chi connectivity index (χ1v) is 6.20. The number of hydrogen-bond donors (Lipinski definition) is 0. The molecular formula is C13H16ClN3O. The molecule has 0 fully saturated rings. The van der Waals surface area contributed by atoms with E-state index in [4.69, 9.17) is 16.3 Å². The van der Waals surface area contributed by atoms with Gasteiger partial charge in [0.15, 0.2) is 0 Å². The van der Waals surface area contributed by atoms with Crippen LogP contribution in [0.3, 0.4) is 0 Å². The summed E-state index contributed by atoms with van der Waals surface area (Å²) in [5, 5.41) is 8.44. The number of methoxy groups -OCH3 is 1. The van der Waals surface area contributed by atoms with Gasteiger partial charge in [0, 0.05) is 13.0 Å². The molecule has 0 amide bonds. The monoisotopic (exact) mass is 265 g/mol. The van der Waals surface area contributed by atoms with Crippen LogP contribution in [0, 0.1) is 0 Å². The number of ether oxygens (including phenoxy) is 1. The van der Waals surface area contributed by atoms with Gasteiger partial charge in [-0.05, 0) is 29.3 Å². The molecule has 0 spiro atoms. The van der Waals surface area contributed by atoms with Gasteiger partial charge in [-0.2, -0.15) is 0 Å². The summed E-state index contributed by atoms with van der Waals surface area (Å²) in [6.07, 6.45) is 0. The van der Waals surface area contributed by atoms with Gasteiger partial charge in [0.25, 0.3) is 0 Å². The van der Waals surface area contributed by atoms with E-state index in [9.17, 15) is 0 Å². The van der Waals surface area contributed by atoms with Crippen molar-refractivity contribution in [1.29, 1.82) is 0 Å². The van der Waals surface area contributed by atoms with E-state index in [1.165, 1.54) is 0 Å². The smallest absolute Gasteiger partial charge is 0.229 e. The summed E-state index contributed by atoms with van der Waals surface area (Å²) in [5.41, 5.74) is 2.05. The highest BCUT2D eigenvalue weighted by atomic mass is 35.5. The summed E-state index contributed by atoms with van der Waals surface area (Å²) in [7, 11) is 1.68. The average molecular weight is 266 g/mol. The van der Waals surface area contributed by atoms with Crippen LogP contribution in [0.15, 0.2) is 24.3 Å². The Morgan fingerprint density at radius 3 is 2.78 bits per heavy atom. The molecule has 0 radical (unpaired) electrons. The predicted molar refractivity (Wildman–Crippen MR) is 71.2 cm³/mol. The van der Waals surface area contributed by atoms with Crippen LogP contribution in [0.4, 0.5) is 0 Å². The van der Waals surface area contributed by atoms with Crippen molar-refractivity contribution < 1.29 is 4.74 Å². The minimum Gasteiger partial charge on any atom is -0.380 e. The van der Waals surface area contributed by atoms with Crippen LogP contribution in [0.2, 0.25) is 5.28 Å². The van der Waals surface area contributed by atoms with Crippen LogP contribution in [-0.4, -0.2) is 21.9 Å². The number of nitrogens with zero attached hydrogens (tertiary/aromatic N) is 3. The largest absolute Gasteiger partial charge is 0.380 e. The fourth-order valence-electron chi connectivity index (χ4n) is 1.84. The molecule has 2 rings (SSSR count). The predicted octanol–water partition coefficient (Wildman–Crippen LogP) is 3.19. The summed E-state index contributed by atoms with van der Waals surface area (Å²) in [6.45, 7) is 4.70. The Hall–Kier alpha value is -1.39. The third-order valence-corrected chi connectivity index (χ3v) is 2.89. The van der Waals surface area contributed by atoms with Crippen molar-refractivity contribution in [1.82, 2.24) is 14.8 Å². The molecule has 0 unspecified atom stereocenters. The molecule has 1 heterocycles. The second kappa shape index (κ2) is 5.50. The van der Waals surface area contributed by atoms with Gasteiger partial charge >= 0.3 is 0 Å². The van der Waals surface area contributed by atoms with Crippen LogP contribution >= 0.6 is 11.6 Å². The van der Waals surface area contributed by atoms with Gasteiger partial charge in [-0.25, -0.2) is 0 Å². The van der Waals surface area contributed by atoms with Crippen LogP contribution in [0.25, 0.3) is 5.69 Å². The molecule has 96 valence electrons. The summed E-state index contributed by atoms with van der Waals surface area (Å²) in [6, 6.07) is 8.01. The lowest BCUT2D eigenvalue weighted by molar-refractivity contribution is 0.185. The number of hydrogen-bond acceptors (Lipinski definition) is 3. The Balaban J connectivity index is 2.47. The molecule has 0 aliphatic heterocycles. The maximum Gasteiger partial charge on any atom is 0.229 e. The summed E-state index contributed by atoms with van der Waals surface area (Å²) in [5.74, 6) is 1.12.